The molecule has 6 aliphatic heterocycles. The van der Waals surface area contributed by atoms with E-state index in [0.29, 0.717) is 0 Å². The number of hydrogen-bond acceptors (Lipinski definition) is 26. The van der Waals surface area contributed by atoms with Crippen LogP contribution in [-0.2, 0) is 57.3 Å². The van der Waals surface area contributed by atoms with Gasteiger partial charge in [-0.05, 0) is 117 Å². The molecule has 2 saturated heterocycles. The Balaban J connectivity index is 1.32. The van der Waals surface area contributed by atoms with Crippen molar-refractivity contribution in [2.45, 2.75) is 170 Å². The number of ketones is 3. The van der Waals surface area contributed by atoms with E-state index in [4.69, 9.17) is 67.8 Å². The van der Waals surface area contributed by atoms with Crippen molar-refractivity contribution in [3.8, 4) is 57.1 Å². The lowest BCUT2D eigenvalue weighted by atomic mass is 9.84. The van der Waals surface area contributed by atoms with Gasteiger partial charge in [-0.1, -0.05) is 55.2 Å². The van der Waals surface area contributed by atoms with Gasteiger partial charge >= 0.3 is 0 Å². The zero-order chi connectivity index (χ0) is 73.8. The van der Waals surface area contributed by atoms with Crippen LogP contribution in [0.25, 0.3) is 11.1 Å². The quantitative estimate of drug-likeness (QED) is 0.0666. The Morgan fingerprint density at radius 2 is 1.44 bits per heavy atom. The Hall–Kier alpha value is -8.60. The highest BCUT2D eigenvalue weighted by Crippen LogP contribution is 2.50. The van der Waals surface area contributed by atoms with E-state index in [1.54, 1.807) is 0 Å². The first-order valence-electron chi connectivity index (χ1n) is 32.2. The van der Waals surface area contributed by atoms with Crippen LogP contribution in [0.2, 0.25) is 10.0 Å². The fourth-order valence-corrected chi connectivity index (χ4v) is 13.1. The summed E-state index contributed by atoms with van der Waals surface area (Å²) in [6.07, 6.45) is -22.1. The van der Waals surface area contributed by atoms with E-state index < -0.39 is 211 Å². The number of aromatic hydroxyl groups is 3. The van der Waals surface area contributed by atoms with Gasteiger partial charge in [0.25, 0.3) is 6.47 Å². The fourth-order valence-electron chi connectivity index (χ4n) is 12.7. The fraction of sp³-hybridized carbons (Fsp3) is 0.449. The lowest BCUT2D eigenvalue weighted by Gasteiger charge is -2.47. The van der Waals surface area contributed by atoms with Crippen molar-refractivity contribution in [2.75, 3.05) is 13.7 Å². The number of aliphatic hydroxyl groups excluding tert-OH is 6. The van der Waals surface area contributed by atoms with E-state index in [9.17, 15) is 74.7 Å². The summed E-state index contributed by atoms with van der Waals surface area (Å²) < 4.78 is 43.8. The van der Waals surface area contributed by atoms with Crippen LogP contribution in [0, 0.1) is 11.8 Å². The van der Waals surface area contributed by atoms with Crippen LogP contribution in [0.15, 0.2) is 78.9 Å². The predicted octanol–water partition coefficient (Wildman–Crippen LogP) is 3.61. The molecule has 5 aromatic carbocycles. The summed E-state index contributed by atoms with van der Waals surface area (Å²) in [5.74, 6) is -14.8. The molecule has 2 fully saturated rings. The van der Waals surface area contributed by atoms with Gasteiger partial charge in [0, 0.05) is 59.9 Å². The number of carbonyl (C=O) groups is 8. The molecule has 0 aliphatic carbocycles. The van der Waals surface area contributed by atoms with Gasteiger partial charge in [0.15, 0.2) is 35.5 Å². The second-order valence-electron chi connectivity index (χ2n) is 26.1. The van der Waals surface area contributed by atoms with Gasteiger partial charge in [-0.2, -0.15) is 0 Å². The second-order valence-corrected chi connectivity index (χ2v) is 26.9. The van der Waals surface area contributed by atoms with E-state index in [2.05, 4.69) is 21.3 Å². The van der Waals surface area contributed by atoms with Crippen molar-refractivity contribution < 1.29 is 117 Å². The molecule has 0 saturated carbocycles. The molecule has 6 aliphatic rings. The number of amides is 4. The van der Waals surface area contributed by atoms with Crippen LogP contribution in [0.5, 0.6) is 46.0 Å². The van der Waals surface area contributed by atoms with Crippen LogP contribution >= 0.6 is 23.2 Å². The molecular weight excluding hydrogens is 1370 g/mol. The number of Topliss-reactive ketones (excluding diaryl/α,β-unsaturated/α-hetero) is 3. The Morgan fingerprint density at radius 1 is 0.792 bits per heavy atom. The molecule has 1 unspecified atom stereocenters. The monoisotopic (exact) mass is 1450 g/mol. The summed E-state index contributed by atoms with van der Waals surface area (Å²) in [6.45, 7) is 6.78. The Labute approximate surface area is 588 Å². The number of phenolic OH excluding ortho intramolecular Hbond substituents is 3. The van der Waals surface area contributed by atoms with Gasteiger partial charge in [0.05, 0.1) is 53.3 Å². The Kier molecular flexibility index (Phi) is 24.4. The van der Waals surface area contributed by atoms with Crippen LogP contribution < -0.4 is 46.9 Å². The van der Waals surface area contributed by atoms with Crippen molar-refractivity contribution in [1.82, 2.24) is 21.3 Å². The number of benzene rings is 5. The van der Waals surface area contributed by atoms with Gasteiger partial charge < -0.3 is 112 Å². The summed E-state index contributed by atoms with van der Waals surface area (Å²) in [6, 6.07) is 9.93. The standard InChI is InChI=1S/C69H80Cl2N6O24/c1-28(2)13-42(74-6)66(94)77-58-46(85)17-35(20-53(72)87)65(93)76-57-34-18-50(62(51(19-34)98-49-12-9-33(59(58)89)16-41(49)71)101-68-63(61(91)60(90)52(26-78)99-68)100-55-25-69(5,73)64(92)30(4)96-55)97-48-11-8-32(15-40(48)70)44(83)24-54(88)75-67(95-27-79)39-21-36(81)22-45(84)56(39)38-14-31(7-10-43(38)82)37(29(3)80)23-47(57)86/h7-12,14-16,18-19,21-22,27-28,30,35,37,42,44,52,55,57-61,63-64,67-68,74,78,81-84,89-92H,13,17,20,23-26,73H2,1-6H3,(H2,72,87)(H,75,88)(H,76,93)(H,77,94)/t30-,35+,37+,42-,44+,52+,55-,57-,58+,59-,60-,61+,63+,64-,67+,68?,69+/m1/s1. The lowest BCUT2D eigenvalue weighted by molar-refractivity contribution is -0.333. The van der Waals surface area contributed by atoms with Crippen molar-refractivity contribution in [2.24, 2.45) is 23.3 Å². The smallest absolute Gasteiger partial charge is 0.295 e. The molecule has 6 heterocycles. The Morgan fingerprint density at radius 3 is 2.03 bits per heavy atom. The SMILES string of the molecule is CN[C@H](CC(C)C)C(=O)N[C@H]1C(=O)C[C@@H](CC(N)=O)C(=O)N[C@H]2C(=O)C[C@@H](C(C)=O)c3ccc(O)c(c3)-c3c(O)cc(O)cc3[C@H](OC=O)NC(=O)C[C@H](O)c3ccc(c(Cl)c3)Oc3cc2cc(c3OC2O[C@@H](CO)[C@@H](O)[C@H](O)[C@@H]2O[C@@H]2C[C@](C)(N)[C@H](O)[C@@H](C)O2)Oc2ccc(cc2Cl)[C@H]1O. The minimum absolute atomic E-state index is 0.0477. The van der Waals surface area contributed by atoms with E-state index >= 15 is 9.59 Å². The van der Waals surface area contributed by atoms with Crippen molar-refractivity contribution in [3.63, 3.8) is 0 Å². The number of aliphatic hydroxyl groups is 6. The van der Waals surface area contributed by atoms with Crippen LogP contribution in [-0.4, -0.2) is 174 Å². The first-order valence-corrected chi connectivity index (χ1v) is 32.9. The molecule has 4 amide bonds. The molecule has 11 rings (SSSR count). The minimum Gasteiger partial charge on any atom is -0.508 e. The zero-order valence-electron chi connectivity index (χ0n) is 55.4. The molecule has 0 radical (unpaired) electrons. The van der Waals surface area contributed by atoms with Crippen LogP contribution in [0.1, 0.15) is 131 Å². The van der Waals surface area contributed by atoms with Crippen LogP contribution in [0.3, 0.4) is 0 Å². The number of nitrogens with two attached hydrogens (primary N) is 2. The summed E-state index contributed by atoms with van der Waals surface area (Å²) in [5.41, 5.74) is 9.30. The molecular formula is C69H80Cl2N6O24. The minimum atomic E-state index is -2.10. The van der Waals surface area contributed by atoms with Crippen molar-refractivity contribution in [3.05, 3.63) is 117 Å². The average Bonchev–Trinajstić information content (AvgIpc) is 0.775. The molecule has 0 spiro atoms. The number of hydrogen-bond donors (Lipinski definition) is 15. The molecule has 0 aromatic heterocycles. The third-order valence-corrected chi connectivity index (χ3v) is 18.6. The number of halogens is 2. The number of primary amides is 1. The van der Waals surface area contributed by atoms with Crippen molar-refractivity contribution in [1.29, 1.82) is 0 Å². The first kappa shape index (κ1) is 76.6. The van der Waals surface area contributed by atoms with Gasteiger partial charge in [-0.25, -0.2) is 0 Å². The molecule has 30 nitrogen and oxygen atoms in total. The summed E-state index contributed by atoms with van der Waals surface area (Å²) >= 11 is 14.1. The maximum Gasteiger partial charge on any atom is 0.295 e. The normalized spacial score (nSPS) is 28.4. The van der Waals surface area contributed by atoms with E-state index in [0.717, 1.165) is 37.3 Å². The number of nitrogens with one attached hydrogen (secondary N) is 4. The topological polar surface area (TPSA) is 483 Å². The number of fused-ring (bicyclic) bond motifs is 16. The number of rotatable bonds is 15. The highest BCUT2D eigenvalue weighted by molar-refractivity contribution is 6.32. The maximum atomic E-state index is 16.0. The lowest BCUT2D eigenvalue weighted by Crippen LogP contribution is -2.64. The molecule has 5 aromatic rings. The van der Waals surface area contributed by atoms with E-state index in [1.807, 2.05) is 13.8 Å². The highest BCUT2D eigenvalue weighted by atomic mass is 35.5. The number of ether oxygens (including phenoxy) is 7. The maximum absolute atomic E-state index is 16.0. The first-order chi connectivity index (χ1) is 47.7. The average molecular weight is 1450 g/mol. The van der Waals surface area contributed by atoms with Crippen LogP contribution in [0.4, 0.5) is 0 Å². The third kappa shape index (κ3) is 17.5. The highest BCUT2D eigenvalue weighted by Gasteiger charge is 2.51. The predicted molar refractivity (Wildman–Crippen MR) is 355 cm³/mol. The number of phenols is 3. The van der Waals surface area contributed by atoms with Gasteiger partial charge in [-0.3, -0.25) is 38.4 Å². The Bertz CT molecular complexity index is 3970. The molecule has 101 heavy (non-hydrogen) atoms. The van der Waals surface area contributed by atoms with Gasteiger partial charge in [0.2, 0.25) is 41.9 Å². The molecule has 9 bridgehead atoms. The van der Waals surface area contributed by atoms with Gasteiger partial charge in [-0.15, -0.1) is 0 Å². The third-order valence-electron chi connectivity index (χ3n) is 18.0. The molecule has 32 heteroatoms. The van der Waals surface area contributed by atoms with Gasteiger partial charge in [0.1, 0.15) is 71.0 Å². The summed E-state index contributed by atoms with van der Waals surface area (Å²) in [7, 11) is 1.50. The second kappa shape index (κ2) is 32.2. The zero-order valence-corrected chi connectivity index (χ0v) is 56.9. The summed E-state index contributed by atoms with van der Waals surface area (Å²) in [5, 5.41) is 113. The number of likely N-dealkylation sites (N-methyl/N-ethyl adjacent to an activating group) is 1. The van der Waals surface area contributed by atoms with E-state index in [-0.39, 0.29) is 85.7 Å². The molecule has 17 N–H and O–H groups in total. The molecule has 544 valence electrons. The van der Waals surface area contributed by atoms with E-state index in [1.165, 1.54) is 69.4 Å². The molecule has 17 atom stereocenters. The largest absolute Gasteiger partial charge is 0.508 e. The number of carbonyl (C=O) groups excluding carboxylic acids is 8. The summed E-state index contributed by atoms with van der Waals surface area (Å²) in [4.78, 5) is 114. The van der Waals surface area contributed by atoms with Crippen molar-refractivity contribution >= 4 is 70.7 Å².